The molecule has 3 nitrogen and oxygen atoms in total. The van der Waals surface area contributed by atoms with Gasteiger partial charge < -0.3 is 0 Å². The molecule has 0 amide bonds. The van der Waals surface area contributed by atoms with Crippen LogP contribution in [0.2, 0.25) is 0 Å². The van der Waals surface area contributed by atoms with Crippen molar-refractivity contribution in [3.63, 3.8) is 0 Å². The summed E-state index contributed by atoms with van der Waals surface area (Å²) in [6.07, 6.45) is 1.67. The Hall–Kier alpha value is -2.69. The SMILES string of the molecule is [C-]#[N+]C(C#N)=C1/C(=C/C)C(=O)c2cc3sccc3cc21. The van der Waals surface area contributed by atoms with E-state index in [1.807, 2.05) is 29.6 Å². The molecule has 0 atom stereocenters. The molecule has 1 aromatic carbocycles. The van der Waals surface area contributed by atoms with Crippen LogP contribution in [-0.2, 0) is 0 Å². The number of Topliss-reactive ketones (excluding diaryl/α,β-unsaturated/α-hetero) is 1. The molecule has 1 aromatic heterocycles. The number of carbonyl (C=O) groups excluding carboxylic acids is 1. The maximum Gasteiger partial charge on any atom is 0.270 e. The molecule has 0 saturated heterocycles. The zero-order chi connectivity index (χ0) is 14.3. The highest BCUT2D eigenvalue weighted by Gasteiger charge is 2.32. The fourth-order valence-electron chi connectivity index (χ4n) is 2.48. The van der Waals surface area contributed by atoms with Gasteiger partial charge in [-0.05, 0) is 41.5 Å². The van der Waals surface area contributed by atoms with E-state index < -0.39 is 0 Å². The van der Waals surface area contributed by atoms with Crippen LogP contribution in [0.25, 0.3) is 20.5 Å². The van der Waals surface area contributed by atoms with E-state index in [1.165, 1.54) is 0 Å². The van der Waals surface area contributed by atoms with Gasteiger partial charge in [0.05, 0.1) is 12.6 Å². The summed E-state index contributed by atoms with van der Waals surface area (Å²) >= 11 is 1.57. The summed E-state index contributed by atoms with van der Waals surface area (Å²) in [4.78, 5) is 15.7. The van der Waals surface area contributed by atoms with Crippen molar-refractivity contribution in [1.29, 1.82) is 5.26 Å². The zero-order valence-electron chi connectivity index (χ0n) is 10.6. The van der Waals surface area contributed by atoms with Crippen LogP contribution in [0.4, 0.5) is 0 Å². The van der Waals surface area contributed by atoms with Gasteiger partial charge in [0.2, 0.25) is 0 Å². The largest absolute Gasteiger partial charge is 0.289 e. The van der Waals surface area contributed by atoms with Gasteiger partial charge in [-0.15, -0.1) is 11.3 Å². The van der Waals surface area contributed by atoms with Gasteiger partial charge in [0.1, 0.15) is 0 Å². The van der Waals surface area contributed by atoms with Crippen molar-refractivity contribution in [2.24, 2.45) is 0 Å². The normalized spacial score (nSPS) is 17.9. The third-order valence-corrected chi connectivity index (χ3v) is 4.24. The lowest BCUT2D eigenvalue weighted by molar-refractivity contribution is 0.104. The second-order valence-corrected chi connectivity index (χ2v) is 5.28. The van der Waals surface area contributed by atoms with Crippen LogP contribution in [-0.4, -0.2) is 5.78 Å². The number of allylic oxidation sites excluding steroid dienone is 4. The molecule has 0 spiro atoms. The number of thiophene rings is 1. The average Bonchev–Trinajstić information content (AvgIpc) is 3.02. The number of fused-ring (bicyclic) bond motifs is 2. The number of ketones is 1. The first-order valence-corrected chi connectivity index (χ1v) is 6.84. The van der Waals surface area contributed by atoms with Crippen molar-refractivity contribution in [2.45, 2.75) is 6.92 Å². The van der Waals surface area contributed by atoms with Crippen molar-refractivity contribution < 1.29 is 4.79 Å². The van der Waals surface area contributed by atoms with E-state index in [0.717, 1.165) is 10.1 Å². The van der Waals surface area contributed by atoms with Gasteiger partial charge in [-0.3, -0.25) is 4.79 Å². The fraction of sp³-hybridized carbons (Fsp3) is 0.0625. The summed E-state index contributed by atoms with van der Waals surface area (Å²) in [5, 5.41) is 12.1. The Bertz CT molecular complexity index is 885. The van der Waals surface area contributed by atoms with E-state index in [4.69, 9.17) is 11.8 Å². The third-order valence-electron chi connectivity index (χ3n) is 3.36. The van der Waals surface area contributed by atoms with Crippen LogP contribution in [0.15, 0.2) is 40.9 Å². The van der Waals surface area contributed by atoms with Crippen molar-refractivity contribution in [2.75, 3.05) is 0 Å². The molecule has 0 fully saturated rings. The molecule has 0 radical (unpaired) electrons. The van der Waals surface area contributed by atoms with Gasteiger partial charge in [0.25, 0.3) is 5.70 Å². The summed E-state index contributed by atoms with van der Waals surface area (Å²) in [6, 6.07) is 7.62. The monoisotopic (exact) mass is 276 g/mol. The van der Waals surface area contributed by atoms with Crippen LogP contribution in [0.1, 0.15) is 22.8 Å². The molecule has 0 N–H and O–H groups in total. The van der Waals surface area contributed by atoms with E-state index in [9.17, 15) is 4.79 Å². The Morgan fingerprint density at radius 2 is 2.25 bits per heavy atom. The summed E-state index contributed by atoms with van der Waals surface area (Å²) < 4.78 is 1.04. The second kappa shape index (κ2) is 4.45. The molecule has 0 aliphatic heterocycles. The molecule has 20 heavy (non-hydrogen) atoms. The standard InChI is InChI=1S/C16H8N2OS/c1-3-10-15(13(8-17)18-2)11-6-9-4-5-20-14(9)7-12(11)16(10)19/h3-7H,1H3/b10-3-,15-13?. The number of nitrogens with zero attached hydrogens (tertiary/aromatic N) is 2. The first-order chi connectivity index (χ1) is 9.71. The number of nitriles is 1. The molecule has 1 heterocycles. The minimum absolute atomic E-state index is 0.0280. The van der Waals surface area contributed by atoms with Crippen LogP contribution >= 0.6 is 11.3 Å². The van der Waals surface area contributed by atoms with Crippen molar-refractivity contribution in [1.82, 2.24) is 0 Å². The highest BCUT2D eigenvalue weighted by molar-refractivity contribution is 7.17. The number of carbonyl (C=O) groups is 1. The lowest BCUT2D eigenvalue weighted by atomic mass is 10.0. The van der Waals surface area contributed by atoms with E-state index >= 15 is 0 Å². The molecular formula is C16H8N2OS. The number of hydrogen-bond donors (Lipinski definition) is 0. The number of benzene rings is 1. The van der Waals surface area contributed by atoms with Crippen molar-refractivity contribution in [3.8, 4) is 6.07 Å². The predicted molar refractivity (Wildman–Crippen MR) is 79.0 cm³/mol. The number of hydrogen-bond acceptors (Lipinski definition) is 3. The van der Waals surface area contributed by atoms with E-state index in [0.29, 0.717) is 22.3 Å². The van der Waals surface area contributed by atoms with Crippen molar-refractivity contribution in [3.05, 3.63) is 63.5 Å². The smallest absolute Gasteiger partial charge is 0.270 e. The molecule has 94 valence electrons. The summed E-state index contributed by atoms with van der Waals surface area (Å²) in [7, 11) is 0. The summed E-state index contributed by atoms with van der Waals surface area (Å²) in [5.74, 6) is -0.107. The molecule has 0 unspecified atom stereocenters. The van der Waals surface area contributed by atoms with Crippen LogP contribution in [0, 0.1) is 17.9 Å². The Kier molecular flexibility index (Phi) is 2.75. The van der Waals surface area contributed by atoms with Gasteiger partial charge in [0.15, 0.2) is 5.78 Å². The molecule has 1 aliphatic carbocycles. The lowest BCUT2D eigenvalue weighted by Gasteiger charge is -2.01. The van der Waals surface area contributed by atoms with Gasteiger partial charge in [-0.2, -0.15) is 0 Å². The van der Waals surface area contributed by atoms with E-state index in [1.54, 1.807) is 24.3 Å². The molecule has 3 rings (SSSR count). The summed E-state index contributed by atoms with van der Waals surface area (Å²) in [6.45, 7) is 8.89. The zero-order valence-corrected chi connectivity index (χ0v) is 11.4. The minimum atomic E-state index is -0.107. The highest BCUT2D eigenvalue weighted by atomic mass is 32.1. The molecule has 1 aliphatic rings. The highest BCUT2D eigenvalue weighted by Crippen LogP contribution is 2.41. The third kappa shape index (κ3) is 1.53. The molecule has 2 aromatic rings. The maximum atomic E-state index is 12.4. The Balaban J connectivity index is 2.45. The molecule has 0 bridgehead atoms. The van der Waals surface area contributed by atoms with E-state index in [-0.39, 0.29) is 11.5 Å². The van der Waals surface area contributed by atoms with Crippen LogP contribution < -0.4 is 0 Å². The van der Waals surface area contributed by atoms with Crippen LogP contribution in [0.3, 0.4) is 0 Å². The second-order valence-electron chi connectivity index (χ2n) is 4.33. The Labute approximate surface area is 119 Å². The average molecular weight is 276 g/mol. The topological polar surface area (TPSA) is 45.2 Å². The first-order valence-electron chi connectivity index (χ1n) is 5.96. The minimum Gasteiger partial charge on any atom is -0.289 e. The van der Waals surface area contributed by atoms with Gasteiger partial charge in [0, 0.05) is 21.4 Å². The van der Waals surface area contributed by atoms with E-state index in [2.05, 4.69) is 4.85 Å². The lowest BCUT2D eigenvalue weighted by Crippen LogP contribution is -1.94. The van der Waals surface area contributed by atoms with Gasteiger partial charge in [-0.25, -0.2) is 10.1 Å². The molecular weight excluding hydrogens is 268 g/mol. The van der Waals surface area contributed by atoms with Gasteiger partial charge in [-0.1, -0.05) is 6.08 Å². The molecule has 0 saturated carbocycles. The van der Waals surface area contributed by atoms with Crippen molar-refractivity contribution >= 4 is 32.8 Å². The maximum absolute atomic E-state index is 12.4. The Morgan fingerprint density at radius 1 is 1.45 bits per heavy atom. The number of rotatable bonds is 0. The fourth-order valence-corrected chi connectivity index (χ4v) is 3.29. The first kappa shape index (κ1) is 12.3. The van der Waals surface area contributed by atoms with Gasteiger partial charge >= 0.3 is 0 Å². The Morgan fingerprint density at radius 3 is 2.90 bits per heavy atom. The summed E-state index contributed by atoms with van der Waals surface area (Å²) in [5.41, 5.74) is 2.17. The predicted octanol–water partition coefficient (Wildman–Crippen LogP) is 4.20. The molecule has 4 heteroatoms. The van der Waals surface area contributed by atoms with Crippen LogP contribution in [0.5, 0.6) is 0 Å². The quantitative estimate of drug-likeness (QED) is 0.411.